The summed E-state index contributed by atoms with van der Waals surface area (Å²) in [6, 6.07) is 3.69. The van der Waals surface area contributed by atoms with Gasteiger partial charge in [-0.05, 0) is 12.1 Å². The van der Waals surface area contributed by atoms with Crippen molar-refractivity contribution in [3.8, 4) is 0 Å². The van der Waals surface area contributed by atoms with Gasteiger partial charge in [0.05, 0.1) is 16.9 Å². The second-order valence-corrected chi connectivity index (χ2v) is 3.16. The van der Waals surface area contributed by atoms with Gasteiger partial charge in [-0.3, -0.25) is 0 Å². The van der Waals surface area contributed by atoms with E-state index in [4.69, 9.17) is 0 Å². The molecule has 0 aromatic carbocycles. The van der Waals surface area contributed by atoms with Crippen LogP contribution in [0.15, 0.2) is 29.2 Å². The third-order valence-electron chi connectivity index (χ3n) is 1.65. The first-order valence-electron chi connectivity index (χ1n) is 3.57. The van der Waals surface area contributed by atoms with E-state index in [2.05, 4.69) is 9.97 Å². The summed E-state index contributed by atoms with van der Waals surface area (Å²) in [5.41, 5.74) is 3.19. The number of rotatable bonds is 2. The van der Waals surface area contributed by atoms with Gasteiger partial charge in [-0.15, -0.1) is 11.3 Å². The van der Waals surface area contributed by atoms with Crippen LogP contribution in [0.1, 0.15) is 17.5 Å². The van der Waals surface area contributed by atoms with E-state index in [-0.39, 0.29) is 0 Å². The lowest BCUT2D eigenvalue weighted by atomic mass is 10.2. The zero-order valence-electron chi connectivity index (χ0n) is 6.27. The van der Waals surface area contributed by atoms with Crippen molar-refractivity contribution in [2.45, 2.75) is 6.10 Å². The Labute approximate surface area is 73.7 Å². The molecule has 2 rings (SSSR count). The van der Waals surface area contributed by atoms with E-state index in [1.165, 1.54) is 11.3 Å². The maximum absolute atomic E-state index is 9.68. The van der Waals surface area contributed by atoms with Gasteiger partial charge in [-0.1, -0.05) is 0 Å². The Bertz CT molecular complexity index is 294. The average Bonchev–Trinajstić information content (AvgIpc) is 2.77. The van der Waals surface area contributed by atoms with Crippen molar-refractivity contribution in [1.82, 2.24) is 9.97 Å². The molecule has 2 N–H and O–H groups in total. The molecule has 2 aromatic heterocycles. The van der Waals surface area contributed by atoms with Crippen LogP contribution in [0.4, 0.5) is 0 Å². The number of aromatic amines is 1. The van der Waals surface area contributed by atoms with Crippen LogP contribution in [0.5, 0.6) is 0 Å². The predicted octanol–water partition coefficient (Wildman–Crippen LogP) is 1.55. The predicted molar refractivity (Wildman–Crippen MR) is 47.0 cm³/mol. The number of thiazole rings is 1. The fraction of sp³-hybridized carbons (Fsp3) is 0.125. The molecule has 0 bridgehead atoms. The topological polar surface area (TPSA) is 48.9 Å². The molecule has 0 aliphatic rings. The Morgan fingerprint density at radius 1 is 1.58 bits per heavy atom. The molecule has 0 aliphatic carbocycles. The summed E-state index contributed by atoms with van der Waals surface area (Å²) in [6.45, 7) is 0. The fourth-order valence-electron chi connectivity index (χ4n) is 1.03. The molecule has 0 radical (unpaired) electrons. The molecule has 0 amide bonds. The Morgan fingerprint density at radius 2 is 2.50 bits per heavy atom. The summed E-state index contributed by atoms with van der Waals surface area (Å²) < 4.78 is 0. The van der Waals surface area contributed by atoms with Crippen molar-refractivity contribution in [3.63, 3.8) is 0 Å². The molecule has 0 spiro atoms. The zero-order valence-corrected chi connectivity index (χ0v) is 7.08. The molecule has 3 nitrogen and oxygen atoms in total. The minimum Gasteiger partial charge on any atom is -0.380 e. The molecule has 2 heterocycles. The van der Waals surface area contributed by atoms with Crippen molar-refractivity contribution in [1.29, 1.82) is 0 Å². The van der Waals surface area contributed by atoms with Crippen molar-refractivity contribution in [3.05, 3.63) is 40.6 Å². The Morgan fingerprint density at radius 3 is 3.08 bits per heavy atom. The maximum Gasteiger partial charge on any atom is 0.136 e. The molecule has 0 aliphatic heterocycles. The molecule has 0 saturated carbocycles. The van der Waals surface area contributed by atoms with Crippen molar-refractivity contribution in [2.75, 3.05) is 0 Å². The largest absolute Gasteiger partial charge is 0.380 e. The number of H-pyrrole nitrogens is 1. The quantitative estimate of drug-likeness (QED) is 0.736. The second kappa shape index (κ2) is 3.08. The summed E-state index contributed by atoms with van der Waals surface area (Å²) in [6.07, 6.45) is 1.16. The molecular weight excluding hydrogens is 172 g/mol. The van der Waals surface area contributed by atoms with Gasteiger partial charge in [0, 0.05) is 11.6 Å². The molecule has 62 valence electrons. The lowest BCUT2D eigenvalue weighted by Gasteiger charge is -2.03. The Hall–Kier alpha value is -1.13. The number of hydrogen-bond donors (Lipinski definition) is 2. The van der Waals surface area contributed by atoms with Crippen molar-refractivity contribution < 1.29 is 5.11 Å². The fourth-order valence-corrected chi connectivity index (χ4v) is 1.60. The monoisotopic (exact) mass is 180 g/mol. The van der Waals surface area contributed by atoms with Crippen LogP contribution in [-0.4, -0.2) is 15.1 Å². The highest BCUT2D eigenvalue weighted by molar-refractivity contribution is 7.07. The number of aliphatic hydroxyl groups is 1. The number of nitrogens with zero attached hydrogens (tertiary/aromatic N) is 1. The SMILES string of the molecule is OC(c1cscn1)c1ccc[nH]1. The minimum absolute atomic E-state index is 0.619. The zero-order chi connectivity index (χ0) is 8.39. The molecule has 4 heteroatoms. The van der Waals surface area contributed by atoms with Crippen LogP contribution < -0.4 is 0 Å². The summed E-state index contributed by atoms with van der Waals surface area (Å²) in [5, 5.41) is 11.5. The van der Waals surface area contributed by atoms with Gasteiger partial charge in [0.15, 0.2) is 0 Å². The normalized spacial score (nSPS) is 13.1. The highest BCUT2D eigenvalue weighted by Gasteiger charge is 2.11. The summed E-state index contributed by atoms with van der Waals surface area (Å²) >= 11 is 1.48. The van der Waals surface area contributed by atoms with Crippen LogP contribution >= 0.6 is 11.3 Å². The highest BCUT2D eigenvalue weighted by atomic mass is 32.1. The van der Waals surface area contributed by atoms with E-state index in [1.807, 2.05) is 17.5 Å². The maximum atomic E-state index is 9.68. The summed E-state index contributed by atoms with van der Waals surface area (Å²) in [5.74, 6) is 0. The lowest BCUT2D eigenvalue weighted by Crippen LogP contribution is -1.99. The third kappa shape index (κ3) is 1.26. The van der Waals surface area contributed by atoms with Gasteiger partial charge < -0.3 is 10.1 Å². The molecule has 1 atom stereocenters. The van der Waals surface area contributed by atoms with Gasteiger partial charge in [0.25, 0.3) is 0 Å². The number of aliphatic hydroxyl groups excluding tert-OH is 1. The number of aromatic nitrogens is 2. The van der Waals surface area contributed by atoms with Crippen LogP contribution in [0, 0.1) is 0 Å². The van der Waals surface area contributed by atoms with E-state index >= 15 is 0 Å². The summed E-state index contributed by atoms with van der Waals surface area (Å²) in [4.78, 5) is 6.96. The standard InChI is InChI=1S/C8H8N2OS/c11-8(6-2-1-3-9-6)7-4-12-5-10-7/h1-5,8-9,11H. The van der Waals surface area contributed by atoms with Gasteiger partial charge in [-0.25, -0.2) is 4.98 Å². The van der Waals surface area contributed by atoms with Crippen LogP contribution in [-0.2, 0) is 0 Å². The molecule has 12 heavy (non-hydrogen) atoms. The third-order valence-corrected chi connectivity index (χ3v) is 2.25. The Kier molecular flexibility index (Phi) is 1.93. The van der Waals surface area contributed by atoms with E-state index in [1.54, 1.807) is 11.7 Å². The molecule has 2 aromatic rings. The molecule has 0 fully saturated rings. The van der Waals surface area contributed by atoms with Gasteiger partial charge in [0.2, 0.25) is 0 Å². The molecular formula is C8H8N2OS. The van der Waals surface area contributed by atoms with E-state index < -0.39 is 6.10 Å². The van der Waals surface area contributed by atoms with Crippen molar-refractivity contribution in [2.24, 2.45) is 0 Å². The van der Waals surface area contributed by atoms with E-state index in [0.717, 1.165) is 5.69 Å². The first kappa shape index (κ1) is 7.52. The average molecular weight is 180 g/mol. The van der Waals surface area contributed by atoms with Gasteiger partial charge in [-0.2, -0.15) is 0 Å². The minimum atomic E-state index is -0.619. The molecule has 1 unspecified atom stereocenters. The smallest absolute Gasteiger partial charge is 0.136 e. The van der Waals surface area contributed by atoms with Gasteiger partial charge in [0.1, 0.15) is 6.10 Å². The van der Waals surface area contributed by atoms with E-state index in [0.29, 0.717) is 5.69 Å². The number of hydrogen-bond acceptors (Lipinski definition) is 3. The first-order valence-corrected chi connectivity index (χ1v) is 4.51. The summed E-state index contributed by atoms with van der Waals surface area (Å²) in [7, 11) is 0. The van der Waals surface area contributed by atoms with Crippen LogP contribution in [0.25, 0.3) is 0 Å². The number of nitrogens with one attached hydrogen (secondary N) is 1. The van der Waals surface area contributed by atoms with Gasteiger partial charge >= 0.3 is 0 Å². The van der Waals surface area contributed by atoms with Crippen LogP contribution in [0.3, 0.4) is 0 Å². The highest BCUT2D eigenvalue weighted by Crippen LogP contribution is 2.19. The first-order chi connectivity index (χ1) is 5.88. The van der Waals surface area contributed by atoms with Crippen molar-refractivity contribution >= 4 is 11.3 Å². The lowest BCUT2D eigenvalue weighted by molar-refractivity contribution is 0.212. The Balaban J connectivity index is 2.27. The van der Waals surface area contributed by atoms with Crippen LogP contribution in [0.2, 0.25) is 0 Å². The molecule has 0 saturated heterocycles. The second-order valence-electron chi connectivity index (χ2n) is 2.44. The van der Waals surface area contributed by atoms with E-state index in [9.17, 15) is 5.11 Å².